The van der Waals surface area contributed by atoms with Gasteiger partial charge in [-0.2, -0.15) is 5.10 Å². The fourth-order valence-corrected chi connectivity index (χ4v) is 1.92. The molecule has 0 saturated carbocycles. The van der Waals surface area contributed by atoms with Gasteiger partial charge in [-0.25, -0.2) is 0 Å². The van der Waals surface area contributed by atoms with Crippen LogP contribution in [0.25, 0.3) is 0 Å². The minimum atomic E-state index is -0.307. The summed E-state index contributed by atoms with van der Waals surface area (Å²) in [6.07, 6.45) is 3.56. The van der Waals surface area contributed by atoms with Crippen molar-refractivity contribution in [3.63, 3.8) is 0 Å². The molecular weight excluding hydrogens is 258 g/mol. The van der Waals surface area contributed by atoms with Gasteiger partial charge in [0, 0.05) is 31.4 Å². The van der Waals surface area contributed by atoms with Crippen LogP contribution in [0.3, 0.4) is 0 Å². The molecule has 0 spiro atoms. The number of nitrogens with zero attached hydrogens (tertiary/aromatic N) is 3. The molecule has 0 unspecified atom stereocenters. The third-order valence-electron chi connectivity index (χ3n) is 3.33. The first-order valence-electron chi connectivity index (χ1n) is 6.18. The fourth-order valence-electron chi connectivity index (χ4n) is 1.92. The number of carbonyl (C=O) groups excluding carboxylic acids is 1. The normalized spacial score (nSPS) is 12.2. The lowest BCUT2D eigenvalue weighted by atomic mass is 10.1. The molecule has 1 amide bonds. The Labute approximate surface area is 116 Å². The van der Waals surface area contributed by atoms with Crippen LogP contribution in [0.4, 0.5) is 0 Å². The van der Waals surface area contributed by atoms with Gasteiger partial charge in [0.25, 0.3) is 5.91 Å². The summed E-state index contributed by atoms with van der Waals surface area (Å²) < 4.78 is 1.68. The van der Waals surface area contributed by atoms with Gasteiger partial charge in [0.1, 0.15) is 0 Å². The number of carbonyl (C=O) groups is 1. The standard InChI is InChI=1S/C14H17N3O3/c1-9(11-7-15-16(2)8-11)17(3)14(20)10-4-5-12(18)13(19)6-10/h4-9,18-19H,1-3H3/t9-/m0/s1. The summed E-state index contributed by atoms with van der Waals surface area (Å²) >= 11 is 0. The number of aromatic hydroxyl groups is 2. The number of phenols is 2. The van der Waals surface area contributed by atoms with Crippen LogP contribution in [0.2, 0.25) is 0 Å². The fraction of sp³-hybridized carbons (Fsp3) is 0.286. The average molecular weight is 275 g/mol. The molecule has 0 aliphatic heterocycles. The van der Waals surface area contributed by atoms with E-state index in [0.717, 1.165) is 5.56 Å². The van der Waals surface area contributed by atoms with Crippen LogP contribution in [0, 0.1) is 0 Å². The van der Waals surface area contributed by atoms with Crippen molar-refractivity contribution in [3.8, 4) is 11.5 Å². The van der Waals surface area contributed by atoms with Crippen LogP contribution in [0.1, 0.15) is 28.9 Å². The largest absolute Gasteiger partial charge is 0.504 e. The van der Waals surface area contributed by atoms with Crippen molar-refractivity contribution in [2.75, 3.05) is 7.05 Å². The van der Waals surface area contributed by atoms with Gasteiger partial charge < -0.3 is 15.1 Å². The Morgan fingerprint density at radius 1 is 1.35 bits per heavy atom. The van der Waals surface area contributed by atoms with E-state index in [2.05, 4.69) is 5.10 Å². The second-order valence-electron chi connectivity index (χ2n) is 4.74. The Morgan fingerprint density at radius 3 is 2.60 bits per heavy atom. The van der Waals surface area contributed by atoms with E-state index in [-0.39, 0.29) is 23.4 Å². The highest BCUT2D eigenvalue weighted by Gasteiger charge is 2.20. The maximum Gasteiger partial charge on any atom is 0.254 e. The van der Waals surface area contributed by atoms with Crippen LogP contribution in [-0.2, 0) is 7.05 Å². The van der Waals surface area contributed by atoms with E-state index in [4.69, 9.17) is 0 Å². The quantitative estimate of drug-likeness (QED) is 0.835. The number of aromatic nitrogens is 2. The van der Waals surface area contributed by atoms with E-state index in [1.54, 1.807) is 22.8 Å². The predicted octanol–water partition coefficient (Wildman–Crippen LogP) is 1.66. The molecule has 2 aromatic rings. The topological polar surface area (TPSA) is 78.6 Å². The van der Waals surface area contributed by atoms with Crippen molar-refractivity contribution < 1.29 is 15.0 Å². The third-order valence-corrected chi connectivity index (χ3v) is 3.33. The Morgan fingerprint density at radius 2 is 2.05 bits per heavy atom. The second kappa shape index (κ2) is 5.24. The molecule has 6 heteroatoms. The molecule has 2 N–H and O–H groups in total. The number of amides is 1. The van der Waals surface area contributed by atoms with Crippen molar-refractivity contribution in [2.45, 2.75) is 13.0 Å². The number of hydrogen-bond donors (Lipinski definition) is 2. The molecule has 0 fully saturated rings. The molecular formula is C14H17N3O3. The summed E-state index contributed by atoms with van der Waals surface area (Å²) in [4.78, 5) is 13.9. The molecule has 106 valence electrons. The molecule has 6 nitrogen and oxygen atoms in total. The Hall–Kier alpha value is -2.50. The molecule has 1 atom stereocenters. The first-order chi connectivity index (χ1) is 9.40. The lowest BCUT2D eigenvalue weighted by Crippen LogP contribution is -2.29. The van der Waals surface area contributed by atoms with Crippen LogP contribution in [-0.4, -0.2) is 37.8 Å². The summed E-state index contributed by atoms with van der Waals surface area (Å²) in [5.74, 6) is -0.792. The van der Waals surface area contributed by atoms with E-state index in [1.807, 2.05) is 20.2 Å². The van der Waals surface area contributed by atoms with Crippen molar-refractivity contribution in [1.82, 2.24) is 14.7 Å². The number of benzene rings is 1. The van der Waals surface area contributed by atoms with Crippen LogP contribution in [0.15, 0.2) is 30.6 Å². The van der Waals surface area contributed by atoms with Gasteiger partial charge in [0.05, 0.1) is 12.2 Å². The maximum absolute atomic E-state index is 12.3. The highest BCUT2D eigenvalue weighted by Crippen LogP contribution is 2.27. The van der Waals surface area contributed by atoms with E-state index < -0.39 is 0 Å². The molecule has 1 heterocycles. The Balaban J connectivity index is 2.21. The summed E-state index contributed by atoms with van der Waals surface area (Å²) in [6.45, 7) is 1.90. The van der Waals surface area contributed by atoms with Gasteiger partial charge in [-0.15, -0.1) is 0 Å². The highest BCUT2D eigenvalue weighted by molar-refractivity contribution is 5.95. The summed E-state index contributed by atoms with van der Waals surface area (Å²) in [5, 5.41) is 22.8. The van der Waals surface area contributed by atoms with Crippen molar-refractivity contribution >= 4 is 5.91 Å². The number of rotatable bonds is 3. The van der Waals surface area contributed by atoms with E-state index in [9.17, 15) is 15.0 Å². The number of hydrogen-bond acceptors (Lipinski definition) is 4. The Bertz CT molecular complexity index is 636. The maximum atomic E-state index is 12.3. The summed E-state index contributed by atoms with van der Waals surface area (Å²) in [7, 11) is 3.50. The monoisotopic (exact) mass is 275 g/mol. The van der Waals surface area contributed by atoms with Crippen LogP contribution in [0.5, 0.6) is 11.5 Å². The van der Waals surface area contributed by atoms with Crippen molar-refractivity contribution in [3.05, 3.63) is 41.7 Å². The molecule has 20 heavy (non-hydrogen) atoms. The zero-order valence-electron chi connectivity index (χ0n) is 11.6. The molecule has 0 aliphatic carbocycles. The molecule has 1 aromatic carbocycles. The molecule has 1 aromatic heterocycles. The van der Waals surface area contributed by atoms with Crippen molar-refractivity contribution in [1.29, 1.82) is 0 Å². The minimum Gasteiger partial charge on any atom is -0.504 e. The lowest BCUT2D eigenvalue weighted by Gasteiger charge is -2.24. The van der Waals surface area contributed by atoms with Crippen LogP contribution >= 0.6 is 0 Å². The van der Waals surface area contributed by atoms with Gasteiger partial charge in [-0.1, -0.05) is 0 Å². The SMILES string of the molecule is C[C@@H](c1cnn(C)c1)N(C)C(=O)c1ccc(O)c(O)c1. The van der Waals surface area contributed by atoms with Crippen molar-refractivity contribution in [2.24, 2.45) is 7.05 Å². The molecule has 0 aliphatic rings. The van der Waals surface area contributed by atoms with Gasteiger partial charge >= 0.3 is 0 Å². The first kappa shape index (κ1) is 13.9. The highest BCUT2D eigenvalue weighted by atomic mass is 16.3. The molecule has 0 radical (unpaired) electrons. The first-order valence-corrected chi connectivity index (χ1v) is 6.18. The molecule has 0 saturated heterocycles. The summed E-state index contributed by atoms with van der Waals surface area (Å²) in [6, 6.07) is 3.88. The number of phenolic OH excluding ortho intramolecular Hbond substituents is 2. The smallest absolute Gasteiger partial charge is 0.254 e. The zero-order valence-corrected chi connectivity index (χ0v) is 11.6. The predicted molar refractivity (Wildman–Crippen MR) is 73.5 cm³/mol. The van der Waals surface area contributed by atoms with E-state index in [1.165, 1.54) is 18.2 Å². The van der Waals surface area contributed by atoms with Gasteiger partial charge in [-0.3, -0.25) is 9.48 Å². The average Bonchev–Trinajstić information content (AvgIpc) is 2.86. The summed E-state index contributed by atoms with van der Waals surface area (Å²) in [5.41, 5.74) is 1.24. The molecule has 0 bridgehead atoms. The van der Waals surface area contributed by atoms with Crippen LogP contribution < -0.4 is 0 Å². The zero-order chi connectivity index (χ0) is 14.9. The van der Waals surface area contributed by atoms with E-state index >= 15 is 0 Å². The Kier molecular flexibility index (Phi) is 3.65. The third kappa shape index (κ3) is 2.59. The lowest BCUT2D eigenvalue weighted by molar-refractivity contribution is 0.0742. The van der Waals surface area contributed by atoms with Gasteiger partial charge in [-0.05, 0) is 25.1 Å². The van der Waals surface area contributed by atoms with E-state index in [0.29, 0.717) is 5.56 Å². The van der Waals surface area contributed by atoms with Gasteiger partial charge in [0.15, 0.2) is 11.5 Å². The second-order valence-corrected chi connectivity index (χ2v) is 4.74. The van der Waals surface area contributed by atoms with Gasteiger partial charge in [0.2, 0.25) is 0 Å². The number of aryl methyl sites for hydroxylation is 1. The minimum absolute atomic E-state index is 0.146. The molecule has 2 rings (SSSR count).